The van der Waals surface area contributed by atoms with Crippen molar-refractivity contribution in [1.82, 2.24) is 4.57 Å². The predicted octanol–water partition coefficient (Wildman–Crippen LogP) is 4.38. The third-order valence-corrected chi connectivity index (χ3v) is 7.17. The smallest absolute Gasteiger partial charge is 0.338 e. The van der Waals surface area contributed by atoms with Gasteiger partial charge in [0.15, 0.2) is 16.3 Å². The molecule has 0 bridgehead atoms. The van der Waals surface area contributed by atoms with Crippen molar-refractivity contribution >= 4 is 23.4 Å². The Morgan fingerprint density at radius 2 is 1.74 bits per heavy atom. The lowest BCUT2D eigenvalue weighted by Gasteiger charge is -2.26. The first kappa shape index (κ1) is 28.2. The number of para-hydroxylation sites is 1. The summed E-state index contributed by atoms with van der Waals surface area (Å²) in [6.45, 7) is 8.84. The fourth-order valence-electron chi connectivity index (χ4n) is 4.62. The lowest BCUT2D eigenvalue weighted by Crippen LogP contribution is -2.40. The Hall–Kier alpha value is -3.85. The zero-order chi connectivity index (χ0) is 27.9. The van der Waals surface area contributed by atoms with Crippen molar-refractivity contribution in [2.45, 2.75) is 46.6 Å². The second-order valence-electron chi connectivity index (χ2n) is 8.73. The highest BCUT2D eigenvalue weighted by atomic mass is 32.1. The van der Waals surface area contributed by atoms with Gasteiger partial charge in [0.25, 0.3) is 5.56 Å². The van der Waals surface area contributed by atoms with Crippen LogP contribution in [-0.4, -0.2) is 37.5 Å². The van der Waals surface area contributed by atoms with E-state index in [1.807, 2.05) is 69.3 Å². The molecule has 8 nitrogen and oxygen atoms in total. The zero-order valence-electron chi connectivity index (χ0n) is 23.0. The maximum absolute atomic E-state index is 14.0. The number of nitrogens with zero attached hydrogens (tertiary/aromatic N) is 2. The molecule has 2 heterocycles. The van der Waals surface area contributed by atoms with Crippen LogP contribution in [0.3, 0.4) is 0 Å². The van der Waals surface area contributed by atoms with E-state index in [1.165, 1.54) is 11.3 Å². The Labute approximate surface area is 231 Å². The van der Waals surface area contributed by atoms with Gasteiger partial charge in [-0.1, -0.05) is 48.9 Å². The van der Waals surface area contributed by atoms with Gasteiger partial charge in [-0.05, 0) is 57.0 Å². The first-order chi connectivity index (χ1) is 19.0. The Balaban J connectivity index is 1.96. The molecule has 0 spiro atoms. The van der Waals surface area contributed by atoms with Crippen molar-refractivity contribution in [2.24, 2.45) is 4.99 Å². The predicted molar refractivity (Wildman–Crippen MR) is 151 cm³/mol. The average molecular weight is 551 g/mol. The molecule has 0 fully saturated rings. The van der Waals surface area contributed by atoms with E-state index in [0.29, 0.717) is 63.1 Å². The molecule has 1 aliphatic heterocycles. The van der Waals surface area contributed by atoms with Crippen LogP contribution < -0.4 is 29.1 Å². The van der Waals surface area contributed by atoms with E-state index in [2.05, 4.69) is 0 Å². The summed E-state index contributed by atoms with van der Waals surface area (Å²) in [4.78, 5) is 32.7. The van der Waals surface area contributed by atoms with Gasteiger partial charge in [0.05, 0.1) is 42.7 Å². The standard InChI is InChI=1S/C30H34N2O6S/c1-6-12-21-26(29(34)38-9-4)27(20-13-10-11-14-22(20)35-5)32-28(33)25(39-30(32)31-21)18-19-15-16-23(36-7-2)24(17-19)37-8-3/h10-11,13-18,27H,6-9,12H2,1-5H3/b25-18-/t27-/m1/s1. The van der Waals surface area contributed by atoms with Crippen LogP contribution in [0, 0.1) is 0 Å². The van der Waals surface area contributed by atoms with Gasteiger partial charge in [-0.15, -0.1) is 0 Å². The van der Waals surface area contributed by atoms with Gasteiger partial charge in [0.2, 0.25) is 0 Å². The lowest BCUT2D eigenvalue weighted by molar-refractivity contribution is -0.139. The van der Waals surface area contributed by atoms with Crippen LogP contribution in [-0.2, 0) is 9.53 Å². The molecule has 4 rings (SSSR count). The summed E-state index contributed by atoms with van der Waals surface area (Å²) in [6, 6.07) is 12.3. The molecule has 39 heavy (non-hydrogen) atoms. The lowest BCUT2D eigenvalue weighted by atomic mass is 9.93. The van der Waals surface area contributed by atoms with Gasteiger partial charge in [-0.3, -0.25) is 9.36 Å². The Morgan fingerprint density at radius 1 is 1.00 bits per heavy atom. The molecular formula is C30H34N2O6S. The van der Waals surface area contributed by atoms with E-state index in [4.69, 9.17) is 23.9 Å². The fourth-order valence-corrected chi connectivity index (χ4v) is 5.64. The average Bonchev–Trinajstić information content (AvgIpc) is 3.24. The minimum absolute atomic E-state index is 0.213. The van der Waals surface area contributed by atoms with Crippen molar-refractivity contribution in [2.75, 3.05) is 26.9 Å². The molecule has 0 N–H and O–H groups in total. The number of benzene rings is 2. The molecule has 0 saturated carbocycles. The molecule has 9 heteroatoms. The minimum Gasteiger partial charge on any atom is -0.496 e. The number of fused-ring (bicyclic) bond motifs is 1. The molecule has 0 radical (unpaired) electrons. The van der Waals surface area contributed by atoms with Crippen LogP contribution in [0.25, 0.3) is 6.08 Å². The Morgan fingerprint density at radius 3 is 2.44 bits per heavy atom. The number of allylic oxidation sites excluding steroid dienone is 1. The Kier molecular flexibility index (Phi) is 9.24. The number of ether oxygens (including phenoxy) is 4. The molecule has 0 aliphatic carbocycles. The minimum atomic E-state index is -0.737. The molecule has 0 saturated heterocycles. The molecule has 1 aliphatic rings. The van der Waals surface area contributed by atoms with Crippen molar-refractivity contribution in [3.05, 3.63) is 84.5 Å². The first-order valence-corrected chi connectivity index (χ1v) is 14.0. The molecule has 2 aromatic carbocycles. The van der Waals surface area contributed by atoms with Crippen molar-refractivity contribution in [3.8, 4) is 17.2 Å². The second-order valence-corrected chi connectivity index (χ2v) is 9.74. The SMILES string of the molecule is CCCC1=C(C(=O)OCC)[C@@H](c2ccccc2OC)n2c(s/c(=C\c3ccc(OCC)c(OCC)c3)c2=O)=N1. The number of hydrogen-bond donors (Lipinski definition) is 0. The van der Waals surface area contributed by atoms with Crippen molar-refractivity contribution in [3.63, 3.8) is 0 Å². The molecule has 206 valence electrons. The van der Waals surface area contributed by atoms with Crippen LogP contribution in [0.15, 0.2) is 63.5 Å². The summed E-state index contributed by atoms with van der Waals surface area (Å²) in [7, 11) is 1.57. The third-order valence-electron chi connectivity index (χ3n) is 6.19. The third kappa shape index (κ3) is 5.78. The maximum atomic E-state index is 14.0. The molecular weight excluding hydrogens is 516 g/mol. The highest BCUT2D eigenvalue weighted by Gasteiger charge is 2.35. The van der Waals surface area contributed by atoms with Gasteiger partial charge in [0.1, 0.15) is 11.8 Å². The molecule has 1 atom stereocenters. The number of carbonyl (C=O) groups excluding carboxylic acids is 1. The normalized spacial score (nSPS) is 15.0. The molecule has 0 amide bonds. The van der Waals surface area contributed by atoms with Gasteiger partial charge in [-0.25, -0.2) is 9.79 Å². The zero-order valence-corrected chi connectivity index (χ0v) is 23.8. The summed E-state index contributed by atoms with van der Waals surface area (Å²) >= 11 is 1.29. The van der Waals surface area contributed by atoms with E-state index in [0.717, 1.165) is 12.0 Å². The summed E-state index contributed by atoms with van der Waals surface area (Å²) in [5.41, 5.74) is 2.22. The number of methoxy groups -OCH3 is 1. The highest BCUT2D eigenvalue weighted by Crippen LogP contribution is 2.37. The van der Waals surface area contributed by atoms with Gasteiger partial charge in [-0.2, -0.15) is 0 Å². The maximum Gasteiger partial charge on any atom is 0.338 e. The highest BCUT2D eigenvalue weighted by molar-refractivity contribution is 7.07. The fraction of sp³-hybridized carbons (Fsp3) is 0.367. The summed E-state index contributed by atoms with van der Waals surface area (Å²) < 4.78 is 24.6. The summed E-state index contributed by atoms with van der Waals surface area (Å²) in [5, 5.41) is 0. The molecule has 1 aromatic heterocycles. The Bertz CT molecular complexity index is 1550. The quantitative estimate of drug-likeness (QED) is 0.329. The number of thiazole rings is 1. The largest absolute Gasteiger partial charge is 0.496 e. The molecule has 3 aromatic rings. The number of carbonyl (C=O) groups is 1. The van der Waals surface area contributed by atoms with Crippen LogP contribution in [0.2, 0.25) is 0 Å². The van der Waals surface area contributed by atoms with Gasteiger partial charge in [0, 0.05) is 5.56 Å². The summed E-state index contributed by atoms with van der Waals surface area (Å²) in [6.07, 6.45) is 3.16. The van der Waals surface area contributed by atoms with E-state index >= 15 is 0 Å². The van der Waals surface area contributed by atoms with E-state index in [1.54, 1.807) is 18.6 Å². The van der Waals surface area contributed by atoms with Crippen LogP contribution >= 0.6 is 11.3 Å². The monoisotopic (exact) mass is 550 g/mol. The van der Waals surface area contributed by atoms with Crippen LogP contribution in [0.5, 0.6) is 17.2 Å². The van der Waals surface area contributed by atoms with E-state index in [9.17, 15) is 9.59 Å². The summed E-state index contributed by atoms with van der Waals surface area (Å²) in [5.74, 6) is 1.35. The number of aromatic nitrogens is 1. The number of hydrogen-bond acceptors (Lipinski definition) is 8. The van der Waals surface area contributed by atoms with Crippen LogP contribution in [0.1, 0.15) is 57.7 Å². The van der Waals surface area contributed by atoms with Crippen LogP contribution in [0.4, 0.5) is 0 Å². The second kappa shape index (κ2) is 12.8. The van der Waals surface area contributed by atoms with E-state index in [-0.39, 0.29) is 12.2 Å². The van der Waals surface area contributed by atoms with E-state index < -0.39 is 12.0 Å². The van der Waals surface area contributed by atoms with Crippen molar-refractivity contribution in [1.29, 1.82) is 0 Å². The number of esters is 1. The van der Waals surface area contributed by atoms with Gasteiger partial charge >= 0.3 is 5.97 Å². The molecule has 0 unspecified atom stereocenters. The first-order valence-electron chi connectivity index (χ1n) is 13.2. The number of rotatable bonds is 11. The topological polar surface area (TPSA) is 88.4 Å². The van der Waals surface area contributed by atoms with Crippen molar-refractivity contribution < 1.29 is 23.7 Å². The van der Waals surface area contributed by atoms with Gasteiger partial charge < -0.3 is 18.9 Å².